The molecule has 0 bridgehead atoms. The highest BCUT2D eigenvalue weighted by Crippen LogP contribution is 2.21. The van der Waals surface area contributed by atoms with Gasteiger partial charge in [-0.05, 0) is 32.1 Å². The molecule has 5 heteroatoms. The lowest BCUT2D eigenvalue weighted by atomic mass is 9.89. The third-order valence-electron chi connectivity index (χ3n) is 3.06. The van der Waals surface area contributed by atoms with Crippen molar-refractivity contribution in [1.82, 2.24) is 9.97 Å². The molecule has 1 fully saturated rings. The van der Waals surface area contributed by atoms with Crippen LogP contribution >= 0.6 is 0 Å². The maximum absolute atomic E-state index is 11.2. The molecule has 92 valence electrons. The largest absolute Gasteiger partial charge is 0.291 e. The highest BCUT2D eigenvalue weighted by molar-refractivity contribution is 5.87. The summed E-state index contributed by atoms with van der Waals surface area (Å²) in [5.74, 6) is 0.938. The summed E-state index contributed by atoms with van der Waals surface area (Å²) >= 11 is 0. The summed E-state index contributed by atoms with van der Waals surface area (Å²) in [7, 11) is 0. The number of hydrogen-bond donors (Lipinski definition) is 2. The number of aromatic nitrogens is 2. The number of H-pyrrole nitrogens is 1. The Morgan fingerprint density at radius 2 is 2.35 bits per heavy atom. The third kappa shape index (κ3) is 3.15. The van der Waals surface area contributed by atoms with Gasteiger partial charge in [0.25, 0.3) is 5.56 Å². The molecule has 0 saturated heterocycles. The number of hydrazone groups is 1. The molecule has 0 aromatic carbocycles. The Morgan fingerprint density at radius 1 is 1.53 bits per heavy atom. The molecule has 1 aromatic rings. The van der Waals surface area contributed by atoms with E-state index in [0.29, 0.717) is 17.6 Å². The molecule has 1 heterocycles. The van der Waals surface area contributed by atoms with Crippen LogP contribution in [0.3, 0.4) is 0 Å². The van der Waals surface area contributed by atoms with Gasteiger partial charge in [-0.1, -0.05) is 13.3 Å². The summed E-state index contributed by atoms with van der Waals surface area (Å²) in [5, 5.41) is 4.35. The van der Waals surface area contributed by atoms with Crippen LogP contribution in [-0.2, 0) is 0 Å². The fourth-order valence-corrected chi connectivity index (χ4v) is 2.09. The van der Waals surface area contributed by atoms with E-state index in [-0.39, 0.29) is 5.56 Å². The number of nitrogens with one attached hydrogen (secondary N) is 2. The van der Waals surface area contributed by atoms with Crippen molar-refractivity contribution < 1.29 is 0 Å². The van der Waals surface area contributed by atoms with E-state index in [2.05, 4.69) is 27.4 Å². The van der Waals surface area contributed by atoms with E-state index in [1.165, 1.54) is 31.0 Å². The molecule has 2 rings (SSSR count). The normalized spacial score (nSPS) is 22.7. The number of aromatic amines is 1. The van der Waals surface area contributed by atoms with Crippen LogP contribution in [0.1, 0.15) is 38.3 Å². The van der Waals surface area contributed by atoms with Gasteiger partial charge in [-0.2, -0.15) is 5.10 Å². The van der Waals surface area contributed by atoms with Crippen molar-refractivity contribution in [3.63, 3.8) is 0 Å². The van der Waals surface area contributed by atoms with Crippen molar-refractivity contribution in [1.29, 1.82) is 0 Å². The van der Waals surface area contributed by atoms with Crippen molar-refractivity contribution in [3.05, 3.63) is 22.1 Å². The van der Waals surface area contributed by atoms with E-state index in [4.69, 9.17) is 0 Å². The quantitative estimate of drug-likeness (QED) is 0.769. The fraction of sp³-hybridized carbons (Fsp3) is 0.583. The van der Waals surface area contributed by atoms with Gasteiger partial charge < -0.3 is 0 Å². The topological polar surface area (TPSA) is 70.1 Å². The second-order valence-corrected chi connectivity index (χ2v) is 4.60. The zero-order valence-corrected chi connectivity index (χ0v) is 10.3. The first-order chi connectivity index (χ1) is 8.15. The number of rotatable bonds is 2. The molecule has 2 N–H and O–H groups in total. The van der Waals surface area contributed by atoms with Crippen LogP contribution in [0, 0.1) is 12.8 Å². The highest BCUT2D eigenvalue weighted by atomic mass is 16.1. The maximum Gasteiger partial charge on any atom is 0.252 e. The molecule has 1 saturated carbocycles. The molecule has 0 radical (unpaired) electrons. The van der Waals surface area contributed by atoms with Gasteiger partial charge in [0.2, 0.25) is 5.95 Å². The predicted octanol–water partition coefficient (Wildman–Crippen LogP) is 2.06. The average molecular weight is 234 g/mol. The van der Waals surface area contributed by atoms with Gasteiger partial charge in [-0.3, -0.25) is 9.78 Å². The van der Waals surface area contributed by atoms with Crippen molar-refractivity contribution >= 4 is 11.7 Å². The van der Waals surface area contributed by atoms with Crippen LogP contribution in [0.5, 0.6) is 0 Å². The second-order valence-electron chi connectivity index (χ2n) is 4.60. The molecule has 17 heavy (non-hydrogen) atoms. The van der Waals surface area contributed by atoms with Crippen molar-refractivity contribution in [2.45, 2.75) is 39.5 Å². The van der Waals surface area contributed by atoms with Crippen LogP contribution in [0.25, 0.3) is 0 Å². The Hall–Kier alpha value is -1.65. The van der Waals surface area contributed by atoms with Gasteiger partial charge in [-0.25, -0.2) is 10.4 Å². The van der Waals surface area contributed by atoms with Gasteiger partial charge in [-0.15, -0.1) is 0 Å². The molecule has 1 aromatic heterocycles. The van der Waals surface area contributed by atoms with Gasteiger partial charge in [0, 0.05) is 17.5 Å². The summed E-state index contributed by atoms with van der Waals surface area (Å²) in [6.07, 6.45) is 4.70. The second kappa shape index (κ2) is 5.12. The summed E-state index contributed by atoms with van der Waals surface area (Å²) in [5.41, 5.74) is 4.55. The molecule has 1 atom stereocenters. The van der Waals surface area contributed by atoms with Crippen molar-refractivity contribution in [2.75, 3.05) is 5.43 Å². The minimum atomic E-state index is -0.156. The molecule has 0 spiro atoms. The molecular weight excluding hydrogens is 216 g/mol. The summed E-state index contributed by atoms with van der Waals surface area (Å²) < 4.78 is 0. The number of aryl methyl sites for hydroxylation is 1. The summed E-state index contributed by atoms with van der Waals surface area (Å²) in [4.78, 5) is 18.0. The predicted molar refractivity (Wildman–Crippen MR) is 68.3 cm³/mol. The molecule has 0 amide bonds. The zero-order chi connectivity index (χ0) is 12.3. The molecule has 5 nitrogen and oxygen atoms in total. The van der Waals surface area contributed by atoms with E-state index < -0.39 is 0 Å². The van der Waals surface area contributed by atoms with Gasteiger partial charge in [0.15, 0.2) is 0 Å². The Morgan fingerprint density at radius 3 is 3.06 bits per heavy atom. The highest BCUT2D eigenvalue weighted by Gasteiger charge is 2.15. The van der Waals surface area contributed by atoms with Gasteiger partial charge in [0.1, 0.15) is 0 Å². The summed E-state index contributed by atoms with van der Waals surface area (Å²) in [6, 6.07) is 1.46. The van der Waals surface area contributed by atoms with Crippen LogP contribution < -0.4 is 11.0 Å². The molecule has 1 aliphatic carbocycles. The van der Waals surface area contributed by atoms with Crippen LogP contribution in [0.15, 0.2) is 16.0 Å². The van der Waals surface area contributed by atoms with E-state index in [0.717, 1.165) is 6.42 Å². The fourth-order valence-electron chi connectivity index (χ4n) is 2.09. The molecule has 1 unspecified atom stereocenters. The number of hydrogen-bond acceptors (Lipinski definition) is 4. The van der Waals surface area contributed by atoms with E-state index in [1.54, 1.807) is 6.92 Å². The standard InChI is InChI=1S/C12H18N4O/c1-8-5-3-4-6-10(8)15-16-12-13-9(2)7-11(17)14-12/h7-8H,3-6H2,1-2H3,(H2,13,14,16,17)/b15-10+. The minimum Gasteiger partial charge on any atom is -0.291 e. The lowest BCUT2D eigenvalue weighted by Crippen LogP contribution is -2.18. The maximum atomic E-state index is 11.2. The lowest BCUT2D eigenvalue weighted by Gasteiger charge is -2.19. The number of nitrogens with zero attached hydrogens (tertiary/aromatic N) is 2. The van der Waals surface area contributed by atoms with Crippen LogP contribution in [0.4, 0.5) is 5.95 Å². The smallest absolute Gasteiger partial charge is 0.252 e. The molecule has 0 aliphatic heterocycles. The first-order valence-electron chi connectivity index (χ1n) is 6.05. The Labute approximate surface area is 100 Å². The molecule has 1 aliphatic rings. The van der Waals surface area contributed by atoms with Gasteiger partial charge in [0.05, 0.1) is 0 Å². The third-order valence-corrected chi connectivity index (χ3v) is 3.06. The van der Waals surface area contributed by atoms with E-state index in [1.807, 2.05) is 0 Å². The first-order valence-corrected chi connectivity index (χ1v) is 6.05. The van der Waals surface area contributed by atoms with Crippen LogP contribution in [0.2, 0.25) is 0 Å². The first kappa shape index (κ1) is 11.8. The van der Waals surface area contributed by atoms with E-state index >= 15 is 0 Å². The molecular formula is C12H18N4O. The zero-order valence-electron chi connectivity index (χ0n) is 10.3. The van der Waals surface area contributed by atoms with E-state index in [9.17, 15) is 4.79 Å². The minimum absolute atomic E-state index is 0.156. The monoisotopic (exact) mass is 234 g/mol. The lowest BCUT2D eigenvalue weighted by molar-refractivity contribution is 0.558. The van der Waals surface area contributed by atoms with Crippen molar-refractivity contribution in [3.8, 4) is 0 Å². The Balaban J connectivity index is 2.10. The van der Waals surface area contributed by atoms with Crippen LogP contribution in [-0.4, -0.2) is 15.7 Å². The summed E-state index contributed by atoms with van der Waals surface area (Å²) in [6.45, 7) is 3.98. The van der Waals surface area contributed by atoms with Crippen molar-refractivity contribution in [2.24, 2.45) is 11.0 Å². The number of anilines is 1. The Kier molecular flexibility index (Phi) is 3.56. The van der Waals surface area contributed by atoms with Gasteiger partial charge >= 0.3 is 0 Å². The Bertz CT molecular complexity index is 478. The average Bonchev–Trinajstić information content (AvgIpc) is 2.27. The SMILES string of the molecule is Cc1cc(=O)[nH]c(N/N=C2\CCCCC2C)n1.